The number of rotatable bonds is 6. The highest BCUT2D eigenvalue weighted by molar-refractivity contribution is 5.97. The summed E-state index contributed by atoms with van der Waals surface area (Å²) in [5.74, 6) is -3.07. The first-order valence-electron chi connectivity index (χ1n) is 11.3. The molecule has 0 radical (unpaired) electrons. The molecule has 1 aliphatic rings. The Labute approximate surface area is 205 Å². The van der Waals surface area contributed by atoms with E-state index in [0.29, 0.717) is 54.6 Å². The van der Waals surface area contributed by atoms with Crippen molar-refractivity contribution in [1.29, 1.82) is 0 Å². The molecule has 36 heavy (non-hydrogen) atoms. The Bertz CT molecular complexity index is 1280. The fourth-order valence-corrected chi connectivity index (χ4v) is 3.91. The van der Waals surface area contributed by atoms with Gasteiger partial charge in [0.05, 0.1) is 11.9 Å². The van der Waals surface area contributed by atoms with Crippen LogP contribution < -0.4 is 16.4 Å². The number of nitrogens with two attached hydrogens (primary N) is 1. The Balaban J connectivity index is 1.50. The average molecular weight is 498 g/mol. The molecule has 3 aromatic rings. The zero-order valence-corrected chi connectivity index (χ0v) is 19.4. The van der Waals surface area contributed by atoms with Crippen LogP contribution in [0.15, 0.2) is 42.6 Å². The van der Waals surface area contributed by atoms with Gasteiger partial charge < -0.3 is 26.2 Å². The van der Waals surface area contributed by atoms with Crippen molar-refractivity contribution in [2.24, 2.45) is 0 Å². The van der Waals surface area contributed by atoms with Gasteiger partial charge in [-0.3, -0.25) is 9.59 Å². The van der Waals surface area contributed by atoms with Gasteiger partial charge in [-0.2, -0.15) is 0 Å². The lowest BCUT2D eigenvalue weighted by atomic mass is 10.0. The number of carbonyl (C=O) groups excluding carboxylic acids is 2. The summed E-state index contributed by atoms with van der Waals surface area (Å²) in [6, 6.07) is 7.26. The molecule has 1 atom stereocenters. The van der Waals surface area contributed by atoms with Crippen LogP contribution in [0, 0.1) is 18.6 Å². The number of anilines is 2. The Morgan fingerprint density at radius 3 is 2.50 bits per heavy atom. The summed E-state index contributed by atoms with van der Waals surface area (Å²) < 4.78 is 32.2. The van der Waals surface area contributed by atoms with E-state index in [0.717, 1.165) is 12.1 Å². The lowest BCUT2D eigenvalue weighted by molar-refractivity contribution is -0.124. The third kappa shape index (κ3) is 5.81. The number of carbonyl (C=O) groups is 2. The highest BCUT2D eigenvalue weighted by atomic mass is 19.1. The Kier molecular flexibility index (Phi) is 7.51. The van der Waals surface area contributed by atoms with Crippen molar-refractivity contribution in [1.82, 2.24) is 15.3 Å². The van der Waals surface area contributed by atoms with Gasteiger partial charge in [0.2, 0.25) is 0 Å². The van der Waals surface area contributed by atoms with Gasteiger partial charge in [-0.15, -0.1) is 0 Å². The number of ether oxygens (including phenoxy) is 1. The second-order valence-corrected chi connectivity index (χ2v) is 8.47. The average Bonchev–Trinajstić information content (AvgIpc) is 2.84. The summed E-state index contributed by atoms with van der Waals surface area (Å²) in [7, 11) is 0. The summed E-state index contributed by atoms with van der Waals surface area (Å²) in [4.78, 5) is 33.7. The largest absolute Gasteiger partial charge is 0.382 e. The van der Waals surface area contributed by atoms with Crippen LogP contribution in [0.25, 0.3) is 11.3 Å². The molecular formula is C25H25F2N5O4. The molecule has 1 aliphatic heterocycles. The third-order valence-electron chi connectivity index (χ3n) is 5.79. The second-order valence-electron chi connectivity index (χ2n) is 8.47. The zero-order valence-electron chi connectivity index (χ0n) is 19.4. The van der Waals surface area contributed by atoms with E-state index >= 15 is 0 Å². The first-order chi connectivity index (χ1) is 17.2. The van der Waals surface area contributed by atoms with E-state index in [1.54, 1.807) is 25.1 Å². The van der Waals surface area contributed by atoms with E-state index in [4.69, 9.17) is 10.5 Å². The van der Waals surface area contributed by atoms with Gasteiger partial charge in [-0.25, -0.2) is 18.7 Å². The molecule has 2 heterocycles. The maximum absolute atomic E-state index is 13.4. The molecule has 2 amide bonds. The second kappa shape index (κ2) is 10.8. The smallest absolute Gasteiger partial charge is 0.273 e. The number of nitrogens with one attached hydrogen (secondary N) is 2. The summed E-state index contributed by atoms with van der Waals surface area (Å²) in [5.41, 5.74) is 7.81. The SMILES string of the molecule is Cc1cc(NC(=O)[C@@H](O)c2cc(F)cc(F)c2)ccc1-c1cnc(N)c(C(=O)NC2CCOCC2)n1. The summed E-state index contributed by atoms with van der Waals surface area (Å²) >= 11 is 0. The van der Waals surface area contributed by atoms with Gasteiger partial charge in [0.25, 0.3) is 11.8 Å². The van der Waals surface area contributed by atoms with Gasteiger partial charge in [0.1, 0.15) is 11.6 Å². The minimum atomic E-state index is -1.77. The van der Waals surface area contributed by atoms with Gasteiger partial charge >= 0.3 is 0 Å². The van der Waals surface area contributed by atoms with Crippen LogP contribution in [0.3, 0.4) is 0 Å². The number of aliphatic hydroxyl groups is 1. The predicted molar refractivity (Wildman–Crippen MR) is 128 cm³/mol. The van der Waals surface area contributed by atoms with Crippen molar-refractivity contribution in [2.75, 3.05) is 24.3 Å². The van der Waals surface area contributed by atoms with E-state index in [9.17, 15) is 23.5 Å². The van der Waals surface area contributed by atoms with Crippen molar-refractivity contribution in [3.8, 4) is 11.3 Å². The molecule has 0 unspecified atom stereocenters. The van der Waals surface area contributed by atoms with E-state index < -0.39 is 29.6 Å². The molecule has 1 saturated heterocycles. The highest BCUT2D eigenvalue weighted by Gasteiger charge is 2.22. The molecule has 0 aliphatic carbocycles. The normalized spacial score (nSPS) is 14.8. The molecule has 0 saturated carbocycles. The molecule has 1 aromatic heterocycles. The molecule has 1 fully saturated rings. The lowest BCUT2D eigenvalue weighted by Crippen LogP contribution is -2.39. The predicted octanol–water partition coefficient (Wildman–Crippen LogP) is 2.89. The highest BCUT2D eigenvalue weighted by Crippen LogP contribution is 2.26. The Hall–Kier alpha value is -3.96. The van der Waals surface area contributed by atoms with Gasteiger partial charge in [-0.1, -0.05) is 6.07 Å². The number of halogens is 2. The monoisotopic (exact) mass is 497 g/mol. The molecule has 4 rings (SSSR count). The summed E-state index contributed by atoms with van der Waals surface area (Å²) in [5, 5.41) is 15.6. The molecular weight excluding hydrogens is 472 g/mol. The minimum absolute atomic E-state index is 0.00705. The number of nitrogens with zero attached hydrogens (tertiary/aromatic N) is 2. The fourth-order valence-electron chi connectivity index (χ4n) is 3.91. The number of hydrogen-bond acceptors (Lipinski definition) is 7. The van der Waals surface area contributed by atoms with E-state index in [1.807, 2.05) is 0 Å². The summed E-state index contributed by atoms with van der Waals surface area (Å²) in [6.45, 7) is 2.91. The maximum atomic E-state index is 13.4. The van der Waals surface area contributed by atoms with E-state index in [-0.39, 0.29) is 23.1 Å². The first kappa shape index (κ1) is 25.1. The van der Waals surface area contributed by atoms with Crippen LogP contribution in [0.5, 0.6) is 0 Å². The number of benzene rings is 2. The molecule has 11 heteroatoms. The topological polar surface area (TPSA) is 139 Å². The van der Waals surface area contributed by atoms with Crippen LogP contribution in [-0.4, -0.2) is 46.1 Å². The van der Waals surface area contributed by atoms with Gasteiger partial charge in [0.15, 0.2) is 17.6 Å². The van der Waals surface area contributed by atoms with Crippen LogP contribution in [-0.2, 0) is 9.53 Å². The Morgan fingerprint density at radius 2 is 1.83 bits per heavy atom. The number of amides is 2. The molecule has 5 N–H and O–H groups in total. The van der Waals surface area contributed by atoms with Gasteiger partial charge in [-0.05, 0) is 55.2 Å². The molecule has 9 nitrogen and oxygen atoms in total. The van der Waals surface area contributed by atoms with Crippen LogP contribution in [0.2, 0.25) is 0 Å². The zero-order chi connectivity index (χ0) is 25.8. The minimum Gasteiger partial charge on any atom is -0.382 e. The van der Waals surface area contributed by atoms with E-state index in [2.05, 4.69) is 20.6 Å². The number of aromatic nitrogens is 2. The van der Waals surface area contributed by atoms with Crippen molar-refractivity contribution < 1.29 is 28.2 Å². The van der Waals surface area contributed by atoms with E-state index in [1.165, 1.54) is 6.20 Å². The summed E-state index contributed by atoms with van der Waals surface area (Å²) in [6.07, 6.45) is 1.08. The van der Waals surface area contributed by atoms with Crippen molar-refractivity contribution in [3.05, 3.63) is 71.1 Å². The quantitative estimate of drug-likeness (QED) is 0.411. The third-order valence-corrected chi connectivity index (χ3v) is 5.79. The van der Waals surface area contributed by atoms with Gasteiger partial charge in [0, 0.05) is 36.6 Å². The first-order valence-corrected chi connectivity index (χ1v) is 11.3. The van der Waals surface area contributed by atoms with Crippen LogP contribution in [0.4, 0.5) is 20.3 Å². The Morgan fingerprint density at radius 1 is 1.14 bits per heavy atom. The standard InChI is InChI=1S/C25H25F2N5O4/c1-13-8-18(31-25(35)22(33)14-9-15(26)11-16(27)10-14)2-3-19(13)20-12-29-23(28)21(32-20)24(34)30-17-4-6-36-7-5-17/h2-3,8-12,17,22,33H,4-7H2,1H3,(H2,28,29)(H,30,34)(H,31,35)/t22-/m0/s1. The number of aryl methyl sites for hydroxylation is 1. The van der Waals surface area contributed by atoms with Crippen molar-refractivity contribution in [3.63, 3.8) is 0 Å². The number of nitrogen functional groups attached to an aromatic ring is 1. The number of hydrogen-bond donors (Lipinski definition) is 4. The number of aliphatic hydroxyl groups excluding tert-OH is 1. The maximum Gasteiger partial charge on any atom is 0.273 e. The molecule has 2 aromatic carbocycles. The molecule has 0 spiro atoms. The fraction of sp³-hybridized carbons (Fsp3) is 0.280. The van der Waals surface area contributed by atoms with Crippen molar-refractivity contribution in [2.45, 2.75) is 31.9 Å². The lowest BCUT2D eigenvalue weighted by Gasteiger charge is -2.23. The van der Waals surface area contributed by atoms with Crippen LogP contribution in [0.1, 0.15) is 40.6 Å². The van der Waals surface area contributed by atoms with Crippen LogP contribution >= 0.6 is 0 Å². The molecule has 0 bridgehead atoms. The van der Waals surface area contributed by atoms with Crippen molar-refractivity contribution >= 4 is 23.3 Å². The molecule has 188 valence electrons.